The smallest absolute Gasteiger partial charge is 0.265 e. The van der Waals surface area contributed by atoms with Crippen LogP contribution >= 0.6 is 0 Å². The molecular formula is C14H19F2NO. The van der Waals surface area contributed by atoms with Gasteiger partial charge in [0.2, 0.25) is 0 Å². The maximum Gasteiger partial charge on any atom is 0.265 e. The average molecular weight is 255 g/mol. The van der Waals surface area contributed by atoms with Crippen molar-refractivity contribution < 1.29 is 13.9 Å². The molecule has 1 aromatic carbocycles. The number of nitrogens with one attached hydrogen (secondary N) is 1. The first-order valence-electron chi connectivity index (χ1n) is 6.32. The molecule has 1 fully saturated rings. The number of hydrogen-bond acceptors (Lipinski definition) is 2. The summed E-state index contributed by atoms with van der Waals surface area (Å²) in [6.07, 6.45) is -2.30. The third kappa shape index (κ3) is 3.27. The molecule has 1 aliphatic rings. The second-order valence-corrected chi connectivity index (χ2v) is 5.09. The molecular weight excluding hydrogens is 236 g/mol. The van der Waals surface area contributed by atoms with Crippen molar-refractivity contribution in [3.05, 3.63) is 35.4 Å². The van der Waals surface area contributed by atoms with E-state index in [0.29, 0.717) is 5.92 Å². The number of aryl methyl sites for hydroxylation is 1. The topological polar surface area (TPSA) is 32.3 Å². The first-order valence-corrected chi connectivity index (χ1v) is 6.32. The van der Waals surface area contributed by atoms with Gasteiger partial charge >= 0.3 is 0 Å². The van der Waals surface area contributed by atoms with Crippen LogP contribution in [0, 0.1) is 6.92 Å². The number of hydrogen-bond donors (Lipinski definition) is 2. The Hall–Kier alpha value is -1.00. The summed E-state index contributed by atoms with van der Waals surface area (Å²) in [6, 6.07) is 8.70. The first-order chi connectivity index (χ1) is 8.56. The molecule has 100 valence electrons. The lowest BCUT2D eigenvalue weighted by Gasteiger charge is -2.37. The third-order valence-corrected chi connectivity index (χ3v) is 3.59. The molecule has 0 radical (unpaired) electrons. The molecule has 0 saturated heterocycles. The predicted molar refractivity (Wildman–Crippen MR) is 67.0 cm³/mol. The van der Waals surface area contributed by atoms with Gasteiger partial charge in [0.15, 0.2) is 0 Å². The van der Waals surface area contributed by atoms with Crippen LogP contribution in [0.3, 0.4) is 0 Å². The molecule has 0 spiro atoms. The molecule has 4 heteroatoms. The molecule has 1 saturated carbocycles. The van der Waals surface area contributed by atoms with Gasteiger partial charge in [0.25, 0.3) is 6.43 Å². The molecule has 2 rings (SSSR count). The Kier molecular flexibility index (Phi) is 4.30. The van der Waals surface area contributed by atoms with Gasteiger partial charge in [-0.25, -0.2) is 8.78 Å². The molecule has 18 heavy (non-hydrogen) atoms. The maximum atomic E-state index is 12.1. The summed E-state index contributed by atoms with van der Waals surface area (Å²) in [5.74, 6) is 0.520. The standard InChI is InChI=1S/C14H19F2NO/c1-9-2-4-10(5-3-9)11-6-12(7-11)17-8-13(18)14(15)16/h2-5,11-14,17-18H,6-8H2,1H3. The molecule has 1 unspecified atom stereocenters. The summed E-state index contributed by atoms with van der Waals surface area (Å²) in [5.41, 5.74) is 2.56. The van der Waals surface area contributed by atoms with E-state index in [-0.39, 0.29) is 12.6 Å². The van der Waals surface area contributed by atoms with Gasteiger partial charge in [0.05, 0.1) is 0 Å². The lowest BCUT2D eigenvalue weighted by molar-refractivity contribution is -0.00634. The van der Waals surface area contributed by atoms with Crippen LogP contribution < -0.4 is 5.32 Å². The summed E-state index contributed by atoms with van der Waals surface area (Å²) >= 11 is 0. The molecule has 0 aromatic heterocycles. The zero-order valence-corrected chi connectivity index (χ0v) is 10.4. The summed E-state index contributed by atoms with van der Waals surface area (Å²) in [7, 11) is 0. The van der Waals surface area contributed by atoms with E-state index in [9.17, 15) is 8.78 Å². The van der Waals surface area contributed by atoms with Crippen molar-refractivity contribution in [2.24, 2.45) is 0 Å². The Bertz CT molecular complexity index is 374. The Morgan fingerprint density at radius 1 is 1.28 bits per heavy atom. The van der Waals surface area contributed by atoms with Gasteiger partial charge in [0.1, 0.15) is 6.10 Å². The number of alkyl halides is 2. The van der Waals surface area contributed by atoms with E-state index in [4.69, 9.17) is 5.11 Å². The lowest BCUT2D eigenvalue weighted by atomic mass is 9.75. The van der Waals surface area contributed by atoms with E-state index < -0.39 is 12.5 Å². The maximum absolute atomic E-state index is 12.1. The highest BCUT2D eigenvalue weighted by molar-refractivity contribution is 5.26. The normalized spacial score (nSPS) is 24.9. The summed E-state index contributed by atoms with van der Waals surface area (Å²) in [5, 5.41) is 12.0. The van der Waals surface area contributed by atoms with Crippen molar-refractivity contribution in [1.29, 1.82) is 0 Å². The van der Waals surface area contributed by atoms with E-state index in [0.717, 1.165) is 12.8 Å². The predicted octanol–water partition coefficient (Wildman–Crippen LogP) is 2.46. The van der Waals surface area contributed by atoms with E-state index in [1.54, 1.807) is 0 Å². The van der Waals surface area contributed by atoms with Crippen LogP contribution in [-0.4, -0.2) is 30.2 Å². The fourth-order valence-corrected chi connectivity index (χ4v) is 2.27. The molecule has 2 nitrogen and oxygen atoms in total. The van der Waals surface area contributed by atoms with Gasteiger partial charge in [-0.2, -0.15) is 0 Å². The molecule has 1 aromatic rings. The molecule has 1 aliphatic carbocycles. The highest BCUT2D eigenvalue weighted by atomic mass is 19.3. The quantitative estimate of drug-likeness (QED) is 0.847. The number of benzene rings is 1. The molecule has 0 bridgehead atoms. The number of aliphatic hydroxyl groups is 1. The van der Waals surface area contributed by atoms with Crippen LogP contribution in [0.2, 0.25) is 0 Å². The molecule has 2 N–H and O–H groups in total. The molecule has 0 heterocycles. The van der Waals surface area contributed by atoms with E-state index in [2.05, 4.69) is 36.5 Å². The zero-order chi connectivity index (χ0) is 13.1. The zero-order valence-electron chi connectivity index (χ0n) is 10.4. The van der Waals surface area contributed by atoms with Crippen molar-refractivity contribution >= 4 is 0 Å². The number of aliphatic hydroxyl groups excluding tert-OH is 1. The van der Waals surface area contributed by atoms with Crippen molar-refractivity contribution in [3.8, 4) is 0 Å². The Morgan fingerprint density at radius 3 is 2.44 bits per heavy atom. The minimum atomic E-state index is -2.66. The molecule has 0 amide bonds. The second kappa shape index (κ2) is 5.76. The van der Waals surface area contributed by atoms with Crippen LogP contribution in [0.25, 0.3) is 0 Å². The highest BCUT2D eigenvalue weighted by Crippen LogP contribution is 2.36. The van der Waals surface area contributed by atoms with Crippen LogP contribution in [0.15, 0.2) is 24.3 Å². The third-order valence-electron chi connectivity index (χ3n) is 3.59. The minimum Gasteiger partial charge on any atom is -0.386 e. The minimum absolute atomic E-state index is 0.0249. The van der Waals surface area contributed by atoms with Gasteiger partial charge in [-0.1, -0.05) is 29.8 Å². The van der Waals surface area contributed by atoms with Crippen LogP contribution in [-0.2, 0) is 0 Å². The number of halogens is 2. The van der Waals surface area contributed by atoms with Crippen molar-refractivity contribution in [2.75, 3.05) is 6.54 Å². The van der Waals surface area contributed by atoms with Crippen molar-refractivity contribution in [1.82, 2.24) is 5.32 Å². The van der Waals surface area contributed by atoms with Gasteiger partial charge < -0.3 is 10.4 Å². The summed E-state index contributed by atoms with van der Waals surface area (Å²) < 4.78 is 24.2. The van der Waals surface area contributed by atoms with Crippen LogP contribution in [0.5, 0.6) is 0 Å². The number of rotatable bonds is 5. The summed E-state index contributed by atoms with van der Waals surface area (Å²) in [6.45, 7) is 2.03. The Balaban J connectivity index is 1.72. The van der Waals surface area contributed by atoms with Crippen molar-refractivity contribution in [2.45, 2.75) is 44.3 Å². The van der Waals surface area contributed by atoms with Gasteiger partial charge in [0, 0.05) is 12.6 Å². The lowest BCUT2D eigenvalue weighted by Crippen LogP contribution is -2.44. The monoisotopic (exact) mass is 255 g/mol. The average Bonchev–Trinajstić information content (AvgIpc) is 2.28. The first kappa shape index (κ1) is 13.4. The van der Waals surface area contributed by atoms with Gasteiger partial charge in [-0.3, -0.25) is 0 Å². The summed E-state index contributed by atoms with van der Waals surface area (Å²) in [4.78, 5) is 0. The fraction of sp³-hybridized carbons (Fsp3) is 0.571. The van der Waals surface area contributed by atoms with E-state index in [1.165, 1.54) is 11.1 Å². The van der Waals surface area contributed by atoms with Gasteiger partial charge in [-0.15, -0.1) is 0 Å². The van der Waals surface area contributed by atoms with Crippen LogP contribution in [0.4, 0.5) is 8.78 Å². The second-order valence-electron chi connectivity index (χ2n) is 5.09. The van der Waals surface area contributed by atoms with E-state index in [1.807, 2.05) is 0 Å². The largest absolute Gasteiger partial charge is 0.386 e. The SMILES string of the molecule is Cc1ccc(C2CC(NCC(O)C(F)F)C2)cc1. The highest BCUT2D eigenvalue weighted by Gasteiger charge is 2.30. The fourth-order valence-electron chi connectivity index (χ4n) is 2.27. The Morgan fingerprint density at radius 2 is 1.89 bits per heavy atom. The van der Waals surface area contributed by atoms with Crippen molar-refractivity contribution in [3.63, 3.8) is 0 Å². The van der Waals surface area contributed by atoms with E-state index >= 15 is 0 Å². The van der Waals surface area contributed by atoms with Crippen LogP contribution in [0.1, 0.15) is 29.9 Å². The van der Waals surface area contributed by atoms with Gasteiger partial charge in [-0.05, 0) is 31.2 Å². The Labute approximate surface area is 106 Å². The molecule has 0 aliphatic heterocycles. The molecule has 1 atom stereocenters.